The fourth-order valence-corrected chi connectivity index (χ4v) is 4.97. The van der Waals surface area contributed by atoms with Gasteiger partial charge in [-0.2, -0.15) is 18.3 Å². The first-order valence-corrected chi connectivity index (χ1v) is 12.2. The fourth-order valence-electron chi connectivity index (χ4n) is 4.97. The van der Waals surface area contributed by atoms with Gasteiger partial charge in [0.1, 0.15) is 5.82 Å². The number of nitrogen functional groups attached to an aromatic ring is 1. The number of amides is 1. The molecule has 10 heteroatoms. The van der Waals surface area contributed by atoms with Crippen molar-refractivity contribution in [1.29, 1.82) is 0 Å². The molecule has 0 radical (unpaired) electrons. The van der Waals surface area contributed by atoms with Gasteiger partial charge in [0.05, 0.1) is 35.6 Å². The first-order valence-electron chi connectivity index (χ1n) is 12.2. The molecular formula is C27H27F3N6O. The van der Waals surface area contributed by atoms with E-state index in [0.29, 0.717) is 22.6 Å². The van der Waals surface area contributed by atoms with E-state index in [0.717, 1.165) is 60.3 Å². The summed E-state index contributed by atoms with van der Waals surface area (Å²) in [6.07, 6.45) is 0.596. The largest absolute Gasteiger partial charge is 0.417 e. The molecule has 7 nitrogen and oxygen atoms in total. The summed E-state index contributed by atoms with van der Waals surface area (Å²) in [5.74, 6) is 0.199. The molecule has 0 bridgehead atoms. The minimum absolute atomic E-state index is 0.0649. The van der Waals surface area contributed by atoms with Gasteiger partial charge >= 0.3 is 6.18 Å². The molecule has 4 aromatic rings. The van der Waals surface area contributed by atoms with E-state index < -0.39 is 11.7 Å². The minimum Gasteiger partial charge on any atom is -0.383 e. The lowest BCUT2D eigenvalue weighted by atomic mass is 9.91. The summed E-state index contributed by atoms with van der Waals surface area (Å²) < 4.78 is 41.2. The Bertz CT molecular complexity index is 1460. The Labute approximate surface area is 212 Å². The second-order valence-electron chi connectivity index (χ2n) is 9.34. The number of aromatic nitrogens is 4. The molecule has 192 valence electrons. The molecule has 1 aromatic carbocycles. The number of carbonyl (C=O) groups is 1. The Hall–Kier alpha value is -3.95. The Morgan fingerprint density at radius 2 is 2.00 bits per heavy atom. The predicted octanol–water partition coefficient (Wildman–Crippen LogP) is 5.48. The molecule has 1 amide bonds. The Balaban J connectivity index is 1.55. The topological polar surface area (TPSA) is 89.9 Å². The molecule has 0 aliphatic heterocycles. The standard InChI is InChI=1S/C27H27F3N6O/c1-3-36-24-6-4-5-23(21(24)14-33-36)35(15-20-9-8-19(13-32-20)27(28,29)30)26(37)17-7-10-22-18(12-17)11-16(2)25(31)34-22/h7-14,23H,3-6,15H2,1-2H3,(H2,31,34)/t23-/m0/s1. The zero-order chi connectivity index (χ0) is 26.3. The van der Waals surface area contributed by atoms with Crippen molar-refractivity contribution in [1.82, 2.24) is 24.6 Å². The number of anilines is 1. The van der Waals surface area contributed by atoms with E-state index in [2.05, 4.69) is 15.1 Å². The van der Waals surface area contributed by atoms with E-state index >= 15 is 0 Å². The van der Waals surface area contributed by atoms with E-state index in [9.17, 15) is 18.0 Å². The number of hydrogen-bond acceptors (Lipinski definition) is 5. The molecule has 0 saturated carbocycles. The second-order valence-corrected chi connectivity index (χ2v) is 9.34. The van der Waals surface area contributed by atoms with Crippen molar-refractivity contribution in [3.05, 3.63) is 82.4 Å². The van der Waals surface area contributed by atoms with E-state index in [4.69, 9.17) is 5.73 Å². The van der Waals surface area contributed by atoms with Crippen LogP contribution in [0.4, 0.5) is 19.0 Å². The van der Waals surface area contributed by atoms with Gasteiger partial charge in [-0.25, -0.2) is 4.98 Å². The minimum atomic E-state index is -4.48. The van der Waals surface area contributed by atoms with Gasteiger partial charge in [-0.3, -0.25) is 14.5 Å². The molecule has 3 aromatic heterocycles. The number of halogens is 3. The summed E-state index contributed by atoms with van der Waals surface area (Å²) in [5.41, 5.74) is 9.50. The molecule has 5 rings (SSSR count). The maximum atomic E-state index is 14.0. The maximum Gasteiger partial charge on any atom is 0.417 e. The predicted molar refractivity (Wildman–Crippen MR) is 134 cm³/mol. The van der Waals surface area contributed by atoms with Crippen LogP contribution in [0.1, 0.15) is 64.2 Å². The number of alkyl halides is 3. The van der Waals surface area contributed by atoms with Gasteiger partial charge in [-0.05, 0) is 75.1 Å². The van der Waals surface area contributed by atoms with Crippen LogP contribution < -0.4 is 5.73 Å². The Morgan fingerprint density at radius 1 is 1.19 bits per heavy atom. The number of hydrogen-bond donors (Lipinski definition) is 1. The van der Waals surface area contributed by atoms with Crippen molar-refractivity contribution in [2.45, 2.75) is 58.4 Å². The van der Waals surface area contributed by atoms with Crippen LogP contribution >= 0.6 is 0 Å². The number of carbonyl (C=O) groups excluding carboxylic acids is 1. The highest BCUT2D eigenvalue weighted by atomic mass is 19.4. The second kappa shape index (κ2) is 9.49. The van der Waals surface area contributed by atoms with Gasteiger partial charge in [0.2, 0.25) is 0 Å². The van der Waals surface area contributed by atoms with Crippen molar-refractivity contribution in [2.24, 2.45) is 0 Å². The van der Waals surface area contributed by atoms with Gasteiger partial charge in [-0.1, -0.05) is 0 Å². The van der Waals surface area contributed by atoms with Crippen LogP contribution in [0.5, 0.6) is 0 Å². The van der Waals surface area contributed by atoms with Crippen molar-refractivity contribution in [2.75, 3.05) is 5.73 Å². The first-order chi connectivity index (χ1) is 17.7. The molecule has 1 aliphatic carbocycles. The van der Waals surface area contributed by atoms with Crippen LogP contribution in [-0.4, -0.2) is 30.6 Å². The van der Waals surface area contributed by atoms with Gasteiger partial charge in [0.25, 0.3) is 5.91 Å². The summed E-state index contributed by atoms with van der Waals surface area (Å²) in [5, 5.41) is 5.29. The summed E-state index contributed by atoms with van der Waals surface area (Å²) in [6.45, 7) is 4.66. The molecular weight excluding hydrogens is 481 g/mol. The maximum absolute atomic E-state index is 14.0. The number of fused-ring (bicyclic) bond motifs is 2. The number of nitrogens with two attached hydrogens (primary N) is 1. The zero-order valence-corrected chi connectivity index (χ0v) is 20.6. The van der Waals surface area contributed by atoms with Crippen LogP contribution in [0.3, 0.4) is 0 Å². The van der Waals surface area contributed by atoms with E-state index in [1.807, 2.05) is 24.6 Å². The summed E-state index contributed by atoms with van der Waals surface area (Å²) in [4.78, 5) is 24.1. The van der Waals surface area contributed by atoms with E-state index in [1.54, 1.807) is 29.3 Å². The molecule has 0 fully saturated rings. The number of nitrogens with zero attached hydrogens (tertiary/aromatic N) is 5. The van der Waals surface area contributed by atoms with E-state index in [-0.39, 0.29) is 18.5 Å². The summed E-state index contributed by atoms with van der Waals surface area (Å²) in [7, 11) is 0. The molecule has 1 atom stereocenters. The smallest absolute Gasteiger partial charge is 0.383 e. The van der Waals surface area contributed by atoms with Gasteiger partial charge in [-0.15, -0.1) is 0 Å². The Kier molecular flexibility index (Phi) is 6.35. The molecule has 0 spiro atoms. The highest BCUT2D eigenvalue weighted by Crippen LogP contribution is 2.37. The van der Waals surface area contributed by atoms with Crippen LogP contribution in [-0.2, 0) is 25.7 Å². The average Bonchev–Trinajstić information content (AvgIpc) is 3.31. The normalized spacial score (nSPS) is 15.5. The number of benzene rings is 1. The van der Waals surface area contributed by atoms with Crippen molar-refractivity contribution >= 4 is 22.6 Å². The highest BCUT2D eigenvalue weighted by Gasteiger charge is 2.34. The SMILES string of the molecule is CCn1ncc2c1CCC[C@@H]2N(Cc1ccc(C(F)(F)F)cn1)C(=O)c1ccc2nc(N)c(C)cc2c1. The zero-order valence-electron chi connectivity index (χ0n) is 20.6. The molecule has 0 unspecified atom stereocenters. The fraction of sp³-hybridized carbons (Fsp3) is 0.333. The quantitative estimate of drug-likeness (QED) is 0.386. The number of rotatable bonds is 5. The molecule has 2 N–H and O–H groups in total. The van der Waals surface area contributed by atoms with Crippen LogP contribution in [0, 0.1) is 6.92 Å². The molecule has 0 saturated heterocycles. The number of pyridine rings is 2. The molecule has 37 heavy (non-hydrogen) atoms. The third-order valence-corrected chi connectivity index (χ3v) is 6.94. The lowest BCUT2D eigenvalue weighted by molar-refractivity contribution is -0.137. The first kappa shape index (κ1) is 24.7. The molecule has 3 heterocycles. The lowest BCUT2D eigenvalue weighted by Crippen LogP contribution is -2.36. The highest BCUT2D eigenvalue weighted by molar-refractivity contribution is 5.98. The van der Waals surface area contributed by atoms with Crippen molar-refractivity contribution in [3.8, 4) is 0 Å². The van der Waals surface area contributed by atoms with Gasteiger partial charge < -0.3 is 10.6 Å². The van der Waals surface area contributed by atoms with Crippen LogP contribution in [0.15, 0.2) is 48.8 Å². The monoisotopic (exact) mass is 508 g/mol. The van der Waals surface area contributed by atoms with E-state index in [1.165, 1.54) is 6.07 Å². The average molecular weight is 509 g/mol. The Morgan fingerprint density at radius 3 is 2.70 bits per heavy atom. The lowest BCUT2D eigenvalue weighted by Gasteiger charge is -2.34. The number of aryl methyl sites for hydroxylation is 2. The summed E-state index contributed by atoms with van der Waals surface area (Å²) >= 11 is 0. The van der Waals surface area contributed by atoms with Crippen molar-refractivity contribution in [3.63, 3.8) is 0 Å². The summed E-state index contributed by atoms with van der Waals surface area (Å²) in [6, 6.07) is 9.19. The van der Waals surface area contributed by atoms with Crippen LogP contribution in [0.2, 0.25) is 0 Å². The van der Waals surface area contributed by atoms with Gasteiger partial charge in [0, 0.05) is 34.9 Å². The third-order valence-electron chi connectivity index (χ3n) is 6.94. The third kappa shape index (κ3) is 4.75. The van der Waals surface area contributed by atoms with Crippen LogP contribution in [0.25, 0.3) is 10.9 Å². The molecule has 1 aliphatic rings. The van der Waals surface area contributed by atoms with Gasteiger partial charge in [0.15, 0.2) is 0 Å². The van der Waals surface area contributed by atoms with Crippen molar-refractivity contribution < 1.29 is 18.0 Å².